The zero-order valence-electron chi connectivity index (χ0n) is 13.8. The van der Waals surface area contributed by atoms with E-state index in [1.54, 1.807) is 0 Å². The van der Waals surface area contributed by atoms with Crippen LogP contribution < -0.4 is 5.32 Å². The number of nitrogens with zero attached hydrogens (tertiary/aromatic N) is 2. The van der Waals surface area contributed by atoms with Crippen LogP contribution in [0.2, 0.25) is 0 Å². The summed E-state index contributed by atoms with van der Waals surface area (Å²) in [6.07, 6.45) is 4.22. The lowest BCUT2D eigenvalue weighted by atomic mass is 10.1. The Morgan fingerprint density at radius 3 is 2.45 bits per heavy atom. The Hall–Kier alpha value is -2.29. The summed E-state index contributed by atoms with van der Waals surface area (Å²) in [5.74, 6) is 1.10. The molecule has 3 heteroatoms. The summed E-state index contributed by atoms with van der Waals surface area (Å²) in [4.78, 5) is 4.80. The third-order valence-electron chi connectivity index (χ3n) is 4.05. The van der Waals surface area contributed by atoms with Crippen LogP contribution in [0, 0.1) is 20.8 Å². The van der Waals surface area contributed by atoms with Crippen LogP contribution in [0.1, 0.15) is 35.7 Å². The molecule has 3 nitrogen and oxygen atoms in total. The van der Waals surface area contributed by atoms with E-state index < -0.39 is 0 Å². The van der Waals surface area contributed by atoms with Gasteiger partial charge in [0, 0.05) is 11.9 Å². The number of rotatable bonds is 4. The van der Waals surface area contributed by atoms with Crippen LogP contribution in [0.5, 0.6) is 0 Å². The zero-order chi connectivity index (χ0) is 15.7. The highest BCUT2D eigenvalue weighted by molar-refractivity contribution is 5.68. The van der Waals surface area contributed by atoms with Crippen molar-refractivity contribution in [2.45, 2.75) is 40.5 Å². The van der Waals surface area contributed by atoms with E-state index in [1.165, 1.54) is 22.4 Å². The summed E-state index contributed by atoms with van der Waals surface area (Å²) in [5, 5.41) is 3.64. The standard InChI is InChI=1S/C19H23N3/c1-5-7-16-19(21-18-14(3)8-6-9-15(18)4)22-12-13(2)10-11-17(22)20-16/h6,8-12,21H,5,7H2,1-4H3. The van der Waals surface area contributed by atoms with Gasteiger partial charge in [-0.3, -0.25) is 4.40 Å². The highest BCUT2D eigenvalue weighted by Gasteiger charge is 2.13. The van der Waals surface area contributed by atoms with Crippen LogP contribution in [-0.4, -0.2) is 9.38 Å². The molecule has 0 aliphatic carbocycles. The molecule has 0 radical (unpaired) electrons. The molecule has 114 valence electrons. The van der Waals surface area contributed by atoms with Crippen molar-refractivity contribution in [2.75, 3.05) is 5.32 Å². The van der Waals surface area contributed by atoms with Crippen molar-refractivity contribution in [3.05, 3.63) is 58.9 Å². The van der Waals surface area contributed by atoms with Crippen LogP contribution in [-0.2, 0) is 6.42 Å². The molecule has 0 saturated heterocycles. The maximum atomic E-state index is 4.80. The zero-order valence-corrected chi connectivity index (χ0v) is 13.8. The van der Waals surface area contributed by atoms with E-state index >= 15 is 0 Å². The van der Waals surface area contributed by atoms with Crippen LogP contribution in [0.25, 0.3) is 5.65 Å². The van der Waals surface area contributed by atoms with E-state index in [0.717, 1.165) is 30.0 Å². The second-order valence-electron chi connectivity index (χ2n) is 5.98. The van der Waals surface area contributed by atoms with Crippen LogP contribution >= 0.6 is 0 Å². The van der Waals surface area contributed by atoms with Gasteiger partial charge in [0.15, 0.2) is 0 Å². The fourth-order valence-electron chi connectivity index (χ4n) is 2.87. The van der Waals surface area contributed by atoms with Crippen molar-refractivity contribution in [1.82, 2.24) is 9.38 Å². The first-order valence-corrected chi connectivity index (χ1v) is 7.91. The van der Waals surface area contributed by atoms with E-state index in [-0.39, 0.29) is 0 Å². The maximum absolute atomic E-state index is 4.80. The van der Waals surface area contributed by atoms with Gasteiger partial charge in [0.25, 0.3) is 0 Å². The average Bonchev–Trinajstić information content (AvgIpc) is 2.80. The Balaban J connectivity index is 2.15. The first-order chi connectivity index (χ1) is 10.6. The summed E-state index contributed by atoms with van der Waals surface area (Å²) in [7, 11) is 0. The molecule has 0 atom stereocenters. The molecule has 3 aromatic rings. The lowest BCUT2D eigenvalue weighted by molar-refractivity contribution is 0.896. The molecule has 0 unspecified atom stereocenters. The Labute approximate surface area is 132 Å². The quantitative estimate of drug-likeness (QED) is 0.737. The van der Waals surface area contributed by atoms with Gasteiger partial charge in [-0.15, -0.1) is 0 Å². The molecule has 1 aromatic carbocycles. The molecule has 0 spiro atoms. The lowest BCUT2D eigenvalue weighted by Gasteiger charge is -2.14. The fourth-order valence-corrected chi connectivity index (χ4v) is 2.87. The third kappa shape index (κ3) is 2.59. The summed E-state index contributed by atoms with van der Waals surface area (Å²) in [6, 6.07) is 10.6. The van der Waals surface area contributed by atoms with Crippen molar-refractivity contribution in [2.24, 2.45) is 0 Å². The molecular weight excluding hydrogens is 270 g/mol. The molecule has 0 saturated carbocycles. The van der Waals surface area contributed by atoms with Crippen molar-refractivity contribution in [3.63, 3.8) is 0 Å². The minimum atomic E-state index is 0.980. The second kappa shape index (κ2) is 5.84. The van der Waals surface area contributed by atoms with Gasteiger partial charge in [-0.2, -0.15) is 0 Å². The fraction of sp³-hybridized carbons (Fsp3) is 0.316. The molecule has 2 heterocycles. The minimum absolute atomic E-state index is 0.980. The second-order valence-corrected chi connectivity index (χ2v) is 5.98. The van der Waals surface area contributed by atoms with Crippen LogP contribution in [0.4, 0.5) is 11.5 Å². The summed E-state index contributed by atoms with van der Waals surface area (Å²) >= 11 is 0. The predicted molar refractivity (Wildman–Crippen MR) is 93.1 cm³/mol. The number of imidazole rings is 1. The molecule has 0 amide bonds. The summed E-state index contributed by atoms with van der Waals surface area (Å²) in [5.41, 5.74) is 7.06. The largest absolute Gasteiger partial charge is 0.339 e. The van der Waals surface area contributed by atoms with Crippen molar-refractivity contribution in [3.8, 4) is 0 Å². The molecule has 1 N–H and O–H groups in total. The number of hydrogen-bond acceptors (Lipinski definition) is 2. The van der Waals surface area contributed by atoms with Gasteiger partial charge < -0.3 is 5.32 Å². The van der Waals surface area contributed by atoms with E-state index in [4.69, 9.17) is 4.98 Å². The van der Waals surface area contributed by atoms with Crippen molar-refractivity contribution >= 4 is 17.2 Å². The number of hydrogen-bond donors (Lipinski definition) is 1. The normalized spacial score (nSPS) is 11.1. The number of anilines is 2. The van der Waals surface area contributed by atoms with Gasteiger partial charge in [0.2, 0.25) is 0 Å². The molecule has 0 fully saturated rings. The molecule has 0 bridgehead atoms. The third-order valence-corrected chi connectivity index (χ3v) is 4.05. The van der Waals surface area contributed by atoms with Gasteiger partial charge >= 0.3 is 0 Å². The minimum Gasteiger partial charge on any atom is -0.339 e. The highest BCUT2D eigenvalue weighted by Crippen LogP contribution is 2.28. The van der Waals surface area contributed by atoms with E-state index in [9.17, 15) is 0 Å². The number of nitrogens with one attached hydrogen (secondary N) is 1. The number of para-hydroxylation sites is 1. The van der Waals surface area contributed by atoms with Crippen LogP contribution in [0.15, 0.2) is 36.5 Å². The maximum Gasteiger partial charge on any atom is 0.138 e. The summed E-state index contributed by atoms with van der Waals surface area (Å²) in [6.45, 7) is 8.59. The molecule has 0 aliphatic heterocycles. The Morgan fingerprint density at radius 2 is 1.77 bits per heavy atom. The highest BCUT2D eigenvalue weighted by atomic mass is 15.1. The average molecular weight is 293 g/mol. The molecule has 3 rings (SSSR count). The first-order valence-electron chi connectivity index (χ1n) is 7.91. The van der Waals surface area contributed by atoms with Crippen molar-refractivity contribution < 1.29 is 0 Å². The Bertz CT molecular complexity index is 795. The van der Waals surface area contributed by atoms with Crippen LogP contribution in [0.3, 0.4) is 0 Å². The molecular formula is C19H23N3. The number of pyridine rings is 1. The summed E-state index contributed by atoms with van der Waals surface area (Å²) < 4.78 is 2.17. The number of benzene rings is 1. The van der Waals surface area contributed by atoms with E-state index in [2.05, 4.69) is 73.9 Å². The van der Waals surface area contributed by atoms with Gasteiger partial charge in [0.1, 0.15) is 11.5 Å². The smallest absolute Gasteiger partial charge is 0.138 e. The predicted octanol–water partition coefficient (Wildman–Crippen LogP) is 4.96. The van der Waals surface area contributed by atoms with Gasteiger partial charge in [-0.05, 0) is 49.9 Å². The van der Waals surface area contributed by atoms with Gasteiger partial charge in [-0.1, -0.05) is 37.6 Å². The lowest BCUT2D eigenvalue weighted by Crippen LogP contribution is -2.02. The number of aromatic nitrogens is 2. The topological polar surface area (TPSA) is 29.3 Å². The SMILES string of the molecule is CCCc1nc2ccc(C)cn2c1Nc1c(C)cccc1C. The number of aryl methyl sites for hydroxylation is 4. The Morgan fingerprint density at radius 1 is 1.05 bits per heavy atom. The molecule has 2 aromatic heterocycles. The van der Waals surface area contributed by atoms with E-state index in [1.807, 2.05) is 0 Å². The molecule has 0 aliphatic rings. The van der Waals surface area contributed by atoms with E-state index in [0.29, 0.717) is 0 Å². The van der Waals surface area contributed by atoms with Gasteiger partial charge in [0.05, 0.1) is 5.69 Å². The monoisotopic (exact) mass is 293 g/mol. The Kier molecular flexibility index (Phi) is 3.88. The van der Waals surface area contributed by atoms with Gasteiger partial charge in [-0.25, -0.2) is 4.98 Å². The molecule has 22 heavy (non-hydrogen) atoms. The number of fused-ring (bicyclic) bond motifs is 1. The first kappa shape index (κ1) is 14.6. The van der Waals surface area contributed by atoms with Crippen molar-refractivity contribution in [1.29, 1.82) is 0 Å².